The Morgan fingerprint density at radius 2 is 1.40 bits per heavy atom. The Balaban J connectivity index is 1.86. The lowest BCUT2D eigenvalue weighted by Gasteiger charge is -2.33. The first-order chi connectivity index (χ1) is 12.4. The van der Waals surface area contributed by atoms with Crippen LogP contribution >= 0.6 is 0 Å². The Hall–Kier alpha value is -2.39. The Morgan fingerprint density at radius 3 is 1.96 bits per heavy atom. The van der Waals surface area contributed by atoms with Crippen molar-refractivity contribution < 1.29 is 5.21 Å². The topological polar surface area (TPSA) is 35.8 Å². The van der Waals surface area contributed by atoms with Crippen molar-refractivity contribution in [2.24, 2.45) is 5.16 Å². The fraction of sp³-hybridized carbons (Fsp3) is 0.318. The van der Waals surface area contributed by atoms with E-state index in [2.05, 4.69) is 70.7 Å². The van der Waals surface area contributed by atoms with Crippen LogP contribution in [0.15, 0.2) is 78.0 Å². The largest absolute Gasteiger partial charge is 0.411 e. The third-order valence-corrected chi connectivity index (χ3v) is 4.75. The van der Waals surface area contributed by atoms with Gasteiger partial charge in [-0.25, -0.2) is 0 Å². The SMILES string of the molecule is O/N=C1/CCC=CCC[C@H]1N(Cc1ccccc1)Cc1ccccc1. The molecule has 1 N–H and O–H groups in total. The molecule has 1 atom stereocenters. The summed E-state index contributed by atoms with van der Waals surface area (Å²) >= 11 is 0. The molecule has 0 saturated carbocycles. The molecule has 0 heterocycles. The van der Waals surface area contributed by atoms with E-state index in [0.29, 0.717) is 0 Å². The fourth-order valence-corrected chi connectivity index (χ4v) is 3.48. The van der Waals surface area contributed by atoms with E-state index < -0.39 is 0 Å². The lowest BCUT2D eigenvalue weighted by Crippen LogP contribution is -2.40. The van der Waals surface area contributed by atoms with Crippen LogP contribution in [0.4, 0.5) is 0 Å². The highest BCUT2D eigenvalue weighted by atomic mass is 16.4. The lowest BCUT2D eigenvalue weighted by molar-refractivity contribution is 0.206. The van der Waals surface area contributed by atoms with E-state index >= 15 is 0 Å². The second-order valence-electron chi connectivity index (χ2n) is 6.57. The first-order valence-electron chi connectivity index (χ1n) is 9.04. The summed E-state index contributed by atoms with van der Waals surface area (Å²) in [4.78, 5) is 2.44. The van der Waals surface area contributed by atoms with Gasteiger partial charge in [0, 0.05) is 13.1 Å². The van der Waals surface area contributed by atoms with E-state index in [1.165, 1.54) is 11.1 Å². The molecule has 0 aliphatic heterocycles. The Kier molecular flexibility index (Phi) is 6.41. The normalized spacial score (nSPS) is 19.7. The summed E-state index contributed by atoms with van der Waals surface area (Å²) < 4.78 is 0. The summed E-state index contributed by atoms with van der Waals surface area (Å²) in [5, 5.41) is 13.3. The van der Waals surface area contributed by atoms with Crippen molar-refractivity contribution in [1.82, 2.24) is 4.90 Å². The van der Waals surface area contributed by atoms with Crippen molar-refractivity contribution in [2.75, 3.05) is 0 Å². The monoisotopic (exact) mass is 334 g/mol. The van der Waals surface area contributed by atoms with Gasteiger partial charge in [-0.15, -0.1) is 0 Å². The molecule has 130 valence electrons. The molecule has 1 aliphatic rings. The maximum atomic E-state index is 9.60. The van der Waals surface area contributed by atoms with Crippen molar-refractivity contribution in [3.05, 3.63) is 83.9 Å². The van der Waals surface area contributed by atoms with Gasteiger partial charge in [-0.2, -0.15) is 0 Å². The number of benzene rings is 2. The Morgan fingerprint density at radius 1 is 0.840 bits per heavy atom. The zero-order chi connectivity index (χ0) is 17.3. The third-order valence-electron chi connectivity index (χ3n) is 4.75. The van der Waals surface area contributed by atoms with Crippen molar-refractivity contribution in [2.45, 2.75) is 44.8 Å². The van der Waals surface area contributed by atoms with Gasteiger partial charge < -0.3 is 5.21 Å². The number of nitrogens with zero attached hydrogens (tertiary/aromatic N) is 2. The summed E-state index contributed by atoms with van der Waals surface area (Å²) in [6.45, 7) is 1.70. The van der Waals surface area contributed by atoms with Crippen LogP contribution in [0.1, 0.15) is 36.8 Å². The van der Waals surface area contributed by atoms with Crippen LogP contribution in [0.5, 0.6) is 0 Å². The van der Waals surface area contributed by atoms with Gasteiger partial charge in [-0.3, -0.25) is 4.90 Å². The average molecular weight is 334 g/mol. The standard InChI is InChI=1S/C22H26N2O/c25-23-21-15-9-1-2-10-16-22(21)24(17-19-11-5-3-6-12-19)18-20-13-7-4-8-14-20/h1-8,11-14,22,25H,9-10,15-18H2/b2-1?,23-21-/t22-/m1/s1. The van der Waals surface area contributed by atoms with Crippen molar-refractivity contribution >= 4 is 5.71 Å². The van der Waals surface area contributed by atoms with Crippen molar-refractivity contribution in [3.63, 3.8) is 0 Å². The van der Waals surface area contributed by atoms with Crippen LogP contribution in [0.25, 0.3) is 0 Å². The molecule has 0 radical (unpaired) electrons. The molecule has 0 fully saturated rings. The second kappa shape index (κ2) is 9.19. The number of hydrogen-bond acceptors (Lipinski definition) is 3. The van der Waals surface area contributed by atoms with Crippen molar-refractivity contribution in [3.8, 4) is 0 Å². The predicted molar refractivity (Wildman–Crippen MR) is 103 cm³/mol. The maximum Gasteiger partial charge on any atom is 0.0745 e. The van der Waals surface area contributed by atoms with Crippen LogP contribution in [0, 0.1) is 0 Å². The summed E-state index contributed by atoms with van der Waals surface area (Å²) in [6.07, 6.45) is 8.21. The molecule has 3 heteroatoms. The molecule has 2 aromatic carbocycles. The molecule has 2 aromatic rings. The van der Waals surface area contributed by atoms with Gasteiger partial charge in [0.2, 0.25) is 0 Å². The minimum atomic E-state index is 0.162. The zero-order valence-corrected chi connectivity index (χ0v) is 14.6. The first kappa shape index (κ1) is 17.4. The van der Waals surface area contributed by atoms with E-state index in [-0.39, 0.29) is 6.04 Å². The highest BCUT2D eigenvalue weighted by molar-refractivity contribution is 5.89. The molecule has 0 bridgehead atoms. The zero-order valence-electron chi connectivity index (χ0n) is 14.6. The van der Waals surface area contributed by atoms with E-state index in [1.54, 1.807) is 0 Å². The molecule has 0 aromatic heterocycles. The summed E-state index contributed by atoms with van der Waals surface area (Å²) in [5.41, 5.74) is 3.47. The number of allylic oxidation sites excluding steroid dienone is 2. The van der Waals surface area contributed by atoms with Gasteiger partial charge in [0.1, 0.15) is 0 Å². The lowest BCUT2D eigenvalue weighted by atomic mass is 9.96. The van der Waals surface area contributed by atoms with Gasteiger partial charge in [0.05, 0.1) is 11.8 Å². The molecule has 25 heavy (non-hydrogen) atoms. The Labute approximate surface area is 150 Å². The third kappa shape index (κ3) is 5.04. The van der Waals surface area contributed by atoms with Crippen LogP contribution in [0.2, 0.25) is 0 Å². The molecule has 0 amide bonds. The van der Waals surface area contributed by atoms with Crippen LogP contribution < -0.4 is 0 Å². The van der Waals surface area contributed by atoms with E-state index in [1.807, 2.05) is 12.1 Å². The smallest absolute Gasteiger partial charge is 0.0745 e. The maximum absolute atomic E-state index is 9.60. The van der Waals surface area contributed by atoms with Crippen molar-refractivity contribution in [1.29, 1.82) is 0 Å². The van der Waals surface area contributed by atoms with E-state index in [9.17, 15) is 5.21 Å². The summed E-state index contributed by atoms with van der Waals surface area (Å²) in [5.74, 6) is 0. The van der Waals surface area contributed by atoms with Gasteiger partial charge in [-0.1, -0.05) is 78.0 Å². The van der Waals surface area contributed by atoms with Gasteiger partial charge in [-0.05, 0) is 36.8 Å². The van der Waals surface area contributed by atoms with Crippen LogP contribution in [-0.2, 0) is 13.1 Å². The number of hydrogen-bond donors (Lipinski definition) is 1. The highest BCUT2D eigenvalue weighted by Gasteiger charge is 2.24. The summed E-state index contributed by atoms with van der Waals surface area (Å²) in [7, 11) is 0. The fourth-order valence-electron chi connectivity index (χ4n) is 3.48. The molecule has 3 nitrogen and oxygen atoms in total. The minimum Gasteiger partial charge on any atom is -0.411 e. The van der Waals surface area contributed by atoms with E-state index in [0.717, 1.165) is 44.5 Å². The molecular weight excluding hydrogens is 308 g/mol. The molecule has 0 unspecified atom stereocenters. The van der Waals surface area contributed by atoms with Gasteiger partial charge >= 0.3 is 0 Å². The minimum absolute atomic E-state index is 0.162. The van der Waals surface area contributed by atoms with Crippen LogP contribution in [0.3, 0.4) is 0 Å². The quantitative estimate of drug-likeness (QED) is 0.473. The number of rotatable bonds is 5. The van der Waals surface area contributed by atoms with Crippen LogP contribution in [-0.4, -0.2) is 21.9 Å². The predicted octanol–water partition coefficient (Wildman–Crippen LogP) is 5.02. The Bertz CT molecular complexity index is 653. The molecule has 0 saturated heterocycles. The average Bonchev–Trinajstić information content (AvgIpc) is 2.63. The second-order valence-corrected chi connectivity index (χ2v) is 6.57. The number of oxime groups is 1. The highest BCUT2D eigenvalue weighted by Crippen LogP contribution is 2.21. The van der Waals surface area contributed by atoms with Gasteiger partial charge in [0.25, 0.3) is 0 Å². The van der Waals surface area contributed by atoms with Gasteiger partial charge in [0.15, 0.2) is 0 Å². The molecule has 3 rings (SSSR count). The molecule has 1 aliphatic carbocycles. The summed E-state index contributed by atoms with van der Waals surface area (Å²) in [6, 6.07) is 21.2. The molecule has 0 spiro atoms. The first-order valence-corrected chi connectivity index (χ1v) is 9.04. The van der Waals surface area contributed by atoms with E-state index in [4.69, 9.17) is 0 Å². The molecular formula is C22H26N2O.